The van der Waals surface area contributed by atoms with Crippen LogP contribution in [0.25, 0.3) is 0 Å². The lowest BCUT2D eigenvalue weighted by Crippen LogP contribution is -2.33. The first kappa shape index (κ1) is 20.7. The van der Waals surface area contributed by atoms with E-state index in [1.807, 2.05) is 62.4 Å². The van der Waals surface area contributed by atoms with Gasteiger partial charge in [0.25, 0.3) is 0 Å². The van der Waals surface area contributed by atoms with Crippen LogP contribution in [0.5, 0.6) is 5.75 Å². The molecule has 6 heteroatoms. The van der Waals surface area contributed by atoms with Crippen LogP contribution in [0.1, 0.15) is 28.3 Å². The molecule has 0 spiro atoms. The number of rotatable bonds is 6. The molecule has 0 radical (unpaired) electrons. The molecule has 0 aromatic heterocycles. The first-order chi connectivity index (χ1) is 13.9. The maximum absolute atomic E-state index is 12.4. The highest BCUT2D eigenvalue weighted by molar-refractivity contribution is 7.80. The minimum atomic E-state index is -2.85. The molecule has 0 heterocycles. The zero-order valence-electron chi connectivity index (χ0n) is 16.2. The standard InChI is InChI=1S/C23H22F2N2OS/c1-15-7-6-10-20(16(15)2)26-23(29)27-21(17-8-4-3-5-9-17)18-11-13-19(14-12-18)28-22(24)25/h3-14,21-22H,1-2H3,(H2,26,27,29)/t21-/m1/s1. The fraction of sp³-hybridized carbons (Fsp3) is 0.174. The van der Waals surface area contributed by atoms with Crippen LogP contribution in [0.4, 0.5) is 14.5 Å². The van der Waals surface area contributed by atoms with Crippen LogP contribution in [0.15, 0.2) is 72.8 Å². The van der Waals surface area contributed by atoms with Gasteiger partial charge in [-0.05, 0) is 66.5 Å². The second kappa shape index (κ2) is 9.47. The van der Waals surface area contributed by atoms with Crippen LogP contribution in [0.2, 0.25) is 0 Å². The van der Waals surface area contributed by atoms with Crippen molar-refractivity contribution in [2.45, 2.75) is 26.5 Å². The number of hydrogen-bond acceptors (Lipinski definition) is 2. The van der Waals surface area contributed by atoms with Crippen molar-refractivity contribution < 1.29 is 13.5 Å². The summed E-state index contributed by atoms with van der Waals surface area (Å²) in [5.41, 5.74) is 5.12. The van der Waals surface area contributed by atoms with Gasteiger partial charge in [-0.3, -0.25) is 0 Å². The number of ether oxygens (including phenoxy) is 1. The molecule has 0 saturated heterocycles. The van der Waals surface area contributed by atoms with Crippen molar-refractivity contribution in [1.82, 2.24) is 5.32 Å². The van der Waals surface area contributed by atoms with E-state index in [9.17, 15) is 8.78 Å². The predicted octanol–water partition coefficient (Wildman–Crippen LogP) is 5.98. The van der Waals surface area contributed by atoms with E-state index in [1.54, 1.807) is 12.1 Å². The molecule has 3 rings (SSSR count). The molecule has 1 atom stereocenters. The molecule has 0 amide bonds. The quantitative estimate of drug-likeness (QED) is 0.488. The van der Waals surface area contributed by atoms with E-state index in [1.165, 1.54) is 17.7 Å². The maximum atomic E-state index is 12.4. The maximum Gasteiger partial charge on any atom is 0.387 e. The van der Waals surface area contributed by atoms with Gasteiger partial charge in [0.15, 0.2) is 5.11 Å². The molecule has 0 aliphatic carbocycles. The lowest BCUT2D eigenvalue weighted by atomic mass is 9.99. The Kier molecular flexibility index (Phi) is 6.77. The number of hydrogen-bond donors (Lipinski definition) is 2. The number of thiocarbonyl (C=S) groups is 1. The molecule has 150 valence electrons. The summed E-state index contributed by atoms with van der Waals surface area (Å²) < 4.78 is 29.3. The summed E-state index contributed by atoms with van der Waals surface area (Å²) in [5.74, 6) is 0.117. The summed E-state index contributed by atoms with van der Waals surface area (Å²) in [6.07, 6.45) is 0. The average molecular weight is 413 g/mol. The number of nitrogens with one attached hydrogen (secondary N) is 2. The molecule has 0 bridgehead atoms. The normalized spacial score (nSPS) is 11.8. The molecule has 3 aromatic carbocycles. The zero-order chi connectivity index (χ0) is 20.8. The topological polar surface area (TPSA) is 33.3 Å². The van der Waals surface area contributed by atoms with Crippen LogP contribution >= 0.6 is 12.2 Å². The number of halogens is 2. The fourth-order valence-electron chi connectivity index (χ4n) is 3.02. The van der Waals surface area contributed by atoms with E-state index in [0.29, 0.717) is 5.11 Å². The summed E-state index contributed by atoms with van der Waals surface area (Å²) in [6.45, 7) is 1.24. The molecule has 0 unspecified atom stereocenters. The van der Waals surface area contributed by atoms with Gasteiger partial charge in [-0.2, -0.15) is 8.78 Å². The van der Waals surface area contributed by atoms with Crippen molar-refractivity contribution in [3.05, 3.63) is 95.1 Å². The largest absolute Gasteiger partial charge is 0.435 e. The van der Waals surface area contributed by atoms with E-state index in [-0.39, 0.29) is 11.8 Å². The minimum Gasteiger partial charge on any atom is -0.435 e. The van der Waals surface area contributed by atoms with E-state index in [4.69, 9.17) is 12.2 Å². The van der Waals surface area contributed by atoms with Gasteiger partial charge in [0.2, 0.25) is 0 Å². The lowest BCUT2D eigenvalue weighted by molar-refractivity contribution is -0.0498. The molecule has 2 N–H and O–H groups in total. The minimum absolute atomic E-state index is 0.117. The van der Waals surface area contributed by atoms with Crippen LogP contribution in [0.3, 0.4) is 0 Å². The van der Waals surface area contributed by atoms with Crippen LogP contribution in [-0.4, -0.2) is 11.7 Å². The van der Waals surface area contributed by atoms with Gasteiger partial charge in [-0.1, -0.05) is 54.6 Å². The second-order valence-corrected chi connectivity index (χ2v) is 7.05. The number of aryl methyl sites for hydroxylation is 1. The fourth-order valence-corrected chi connectivity index (χ4v) is 3.25. The third-order valence-electron chi connectivity index (χ3n) is 4.70. The molecule has 3 aromatic rings. The summed E-state index contributed by atoms with van der Waals surface area (Å²) in [4.78, 5) is 0. The van der Waals surface area contributed by atoms with Crippen LogP contribution in [0, 0.1) is 13.8 Å². The molecule has 0 saturated carbocycles. The van der Waals surface area contributed by atoms with Gasteiger partial charge < -0.3 is 15.4 Å². The predicted molar refractivity (Wildman–Crippen MR) is 117 cm³/mol. The Morgan fingerprint density at radius 2 is 1.52 bits per heavy atom. The molecule has 0 aliphatic rings. The van der Waals surface area contributed by atoms with E-state index in [0.717, 1.165) is 22.4 Å². The van der Waals surface area contributed by atoms with Gasteiger partial charge in [0.05, 0.1) is 6.04 Å². The number of alkyl halides is 2. The first-order valence-electron chi connectivity index (χ1n) is 9.17. The van der Waals surface area contributed by atoms with E-state index >= 15 is 0 Å². The van der Waals surface area contributed by atoms with Crippen molar-refractivity contribution >= 4 is 23.0 Å². The Morgan fingerprint density at radius 1 is 0.862 bits per heavy atom. The smallest absolute Gasteiger partial charge is 0.387 e. The highest BCUT2D eigenvalue weighted by atomic mass is 32.1. The third-order valence-corrected chi connectivity index (χ3v) is 4.92. The molecular weight excluding hydrogens is 390 g/mol. The van der Waals surface area contributed by atoms with Crippen LogP contribution < -0.4 is 15.4 Å². The average Bonchev–Trinajstić information content (AvgIpc) is 2.71. The van der Waals surface area contributed by atoms with Gasteiger partial charge in [-0.15, -0.1) is 0 Å². The van der Waals surface area contributed by atoms with Gasteiger partial charge in [0.1, 0.15) is 5.75 Å². The van der Waals surface area contributed by atoms with E-state index < -0.39 is 6.61 Å². The van der Waals surface area contributed by atoms with Crippen molar-refractivity contribution in [3.63, 3.8) is 0 Å². The summed E-state index contributed by atoms with van der Waals surface area (Å²) in [6, 6.07) is 22.1. The first-order valence-corrected chi connectivity index (χ1v) is 9.58. The summed E-state index contributed by atoms with van der Waals surface area (Å²) in [7, 11) is 0. The van der Waals surface area contributed by atoms with Crippen LogP contribution in [-0.2, 0) is 0 Å². The lowest BCUT2D eigenvalue weighted by Gasteiger charge is -2.23. The summed E-state index contributed by atoms with van der Waals surface area (Å²) >= 11 is 5.55. The summed E-state index contributed by atoms with van der Waals surface area (Å²) in [5, 5.41) is 7.06. The van der Waals surface area contributed by atoms with E-state index in [2.05, 4.69) is 15.4 Å². The Morgan fingerprint density at radius 3 is 2.17 bits per heavy atom. The SMILES string of the molecule is Cc1cccc(NC(=S)N[C@H](c2ccccc2)c2ccc(OC(F)F)cc2)c1C. The van der Waals surface area contributed by atoms with Crippen molar-refractivity contribution in [3.8, 4) is 5.75 Å². The molecule has 3 nitrogen and oxygen atoms in total. The zero-order valence-corrected chi connectivity index (χ0v) is 17.0. The van der Waals surface area contributed by atoms with Gasteiger partial charge in [-0.25, -0.2) is 0 Å². The number of benzene rings is 3. The molecule has 29 heavy (non-hydrogen) atoms. The number of anilines is 1. The Bertz CT molecular complexity index is 962. The Labute approximate surface area is 174 Å². The highest BCUT2D eigenvalue weighted by Gasteiger charge is 2.16. The van der Waals surface area contributed by atoms with Gasteiger partial charge in [0, 0.05) is 5.69 Å². The van der Waals surface area contributed by atoms with Crippen molar-refractivity contribution in [2.24, 2.45) is 0 Å². The second-order valence-electron chi connectivity index (χ2n) is 6.64. The Balaban J connectivity index is 1.83. The third kappa shape index (κ3) is 5.51. The molecule has 0 aliphatic heterocycles. The highest BCUT2D eigenvalue weighted by Crippen LogP contribution is 2.25. The van der Waals surface area contributed by atoms with Gasteiger partial charge >= 0.3 is 6.61 Å². The molecule has 0 fully saturated rings. The van der Waals surface area contributed by atoms with Crippen molar-refractivity contribution in [2.75, 3.05) is 5.32 Å². The molecular formula is C23H22F2N2OS. The monoisotopic (exact) mass is 412 g/mol. The van der Waals surface area contributed by atoms with Crippen molar-refractivity contribution in [1.29, 1.82) is 0 Å². The Hall–Kier alpha value is -2.99.